The predicted octanol–water partition coefficient (Wildman–Crippen LogP) is 0.122. The molecule has 6 nitrogen and oxygen atoms in total. The maximum absolute atomic E-state index is 11.4. The van der Waals surface area contributed by atoms with Gasteiger partial charge >= 0.3 is 7.62 Å². The van der Waals surface area contributed by atoms with Crippen molar-refractivity contribution in [2.75, 3.05) is 18.9 Å². The molecule has 0 saturated carbocycles. The Morgan fingerprint density at radius 1 is 1.31 bits per heavy atom. The summed E-state index contributed by atoms with van der Waals surface area (Å²) in [6.45, 7) is 0. The number of nitrogens with one attached hydrogen (secondary N) is 2. The van der Waals surface area contributed by atoms with Crippen LogP contribution in [0.5, 0.6) is 5.75 Å². The Bertz CT molecular complexity index is 437. The first-order chi connectivity index (χ1) is 7.57. The van der Waals surface area contributed by atoms with Gasteiger partial charge in [0, 0.05) is 13.2 Å². The fourth-order valence-corrected chi connectivity index (χ4v) is 1.70. The number of anilines is 1. The third-order valence-corrected chi connectivity index (χ3v) is 2.55. The summed E-state index contributed by atoms with van der Waals surface area (Å²) < 4.78 is 36.6. The van der Waals surface area contributed by atoms with Gasteiger partial charge in [0.1, 0.15) is 5.75 Å². The summed E-state index contributed by atoms with van der Waals surface area (Å²) in [7, 11) is 0.149. The van der Waals surface area contributed by atoms with Gasteiger partial charge in [-0.05, 0) is 12.1 Å². The SMILES string of the molecule is CO[B]NS(=O)(=O)Nc1cccc(OC)c1. The van der Waals surface area contributed by atoms with Gasteiger partial charge in [0.25, 0.3) is 10.2 Å². The highest BCUT2D eigenvalue weighted by molar-refractivity contribution is 7.91. The molecule has 16 heavy (non-hydrogen) atoms. The summed E-state index contributed by atoms with van der Waals surface area (Å²) >= 11 is 0. The Morgan fingerprint density at radius 2 is 2.06 bits per heavy atom. The minimum absolute atomic E-state index is 0.399. The minimum atomic E-state index is -3.66. The van der Waals surface area contributed by atoms with Gasteiger partial charge in [-0.1, -0.05) is 6.07 Å². The zero-order valence-electron chi connectivity index (χ0n) is 8.93. The molecule has 1 radical (unpaired) electrons. The number of methoxy groups -OCH3 is 1. The summed E-state index contributed by atoms with van der Waals surface area (Å²) in [6, 6.07) is 6.56. The predicted molar refractivity (Wildman–Crippen MR) is 61.4 cm³/mol. The molecule has 0 aliphatic carbocycles. The molecule has 0 spiro atoms. The highest BCUT2D eigenvalue weighted by atomic mass is 32.2. The molecule has 0 heterocycles. The quantitative estimate of drug-likeness (QED) is 0.696. The fourth-order valence-electron chi connectivity index (χ4n) is 0.983. The Balaban J connectivity index is 2.72. The van der Waals surface area contributed by atoms with Gasteiger partial charge < -0.3 is 9.39 Å². The minimum Gasteiger partial charge on any atom is -0.497 e. The first-order valence-corrected chi connectivity index (χ1v) is 5.84. The van der Waals surface area contributed by atoms with E-state index in [1.165, 1.54) is 14.2 Å². The summed E-state index contributed by atoms with van der Waals surface area (Å²) in [5.74, 6) is 0.566. The lowest BCUT2D eigenvalue weighted by molar-refractivity contribution is 0.415. The normalized spacial score (nSPS) is 10.9. The third-order valence-electron chi connectivity index (χ3n) is 1.64. The van der Waals surface area contributed by atoms with Crippen molar-refractivity contribution in [3.8, 4) is 5.75 Å². The molecule has 8 heteroatoms. The summed E-state index contributed by atoms with van der Waals surface area (Å²) in [6.07, 6.45) is 0. The smallest absolute Gasteiger partial charge is 0.411 e. The van der Waals surface area contributed by atoms with Crippen LogP contribution in [0.3, 0.4) is 0 Å². The fraction of sp³-hybridized carbons (Fsp3) is 0.250. The molecular formula is C8H12BN2O4S. The number of hydrogen-bond acceptors (Lipinski definition) is 4. The van der Waals surface area contributed by atoms with Crippen molar-refractivity contribution in [3.63, 3.8) is 0 Å². The van der Waals surface area contributed by atoms with Crippen LogP contribution in [0.4, 0.5) is 5.69 Å². The van der Waals surface area contributed by atoms with Gasteiger partial charge in [-0.15, -0.1) is 0 Å². The van der Waals surface area contributed by atoms with E-state index in [0.717, 1.165) is 7.62 Å². The maximum atomic E-state index is 11.4. The standard InChI is InChI=1S/C8H12BN2O4S/c1-14-8-5-3-4-7(6-8)10-16(12,13)11-9-15-2/h3-6,10-11H,1-2H3. The van der Waals surface area contributed by atoms with Crippen molar-refractivity contribution < 1.29 is 17.8 Å². The highest BCUT2D eigenvalue weighted by Crippen LogP contribution is 2.17. The van der Waals surface area contributed by atoms with Crippen LogP contribution in [0.1, 0.15) is 0 Å². The van der Waals surface area contributed by atoms with E-state index in [1.807, 2.05) is 0 Å². The maximum Gasteiger partial charge on any atom is 0.411 e. The van der Waals surface area contributed by atoms with Crippen LogP contribution in [-0.4, -0.2) is 30.3 Å². The molecule has 0 atom stereocenters. The second kappa shape index (κ2) is 5.73. The molecule has 0 aliphatic heterocycles. The number of hydrogen-bond donors (Lipinski definition) is 2. The average Bonchev–Trinajstić information content (AvgIpc) is 2.26. The van der Waals surface area contributed by atoms with E-state index in [1.54, 1.807) is 24.3 Å². The Kier molecular flexibility index (Phi) is 4.60. The monoisotopic (exact) mass is 243 g/mol. The number of benzene rings is 1. The van der Waals surface area contributed by atoms with E-state index >= 15 is 0 Å². The topological polar surface area (TPSA) is 76.7 Å². The molecule has 0 fully saturated rings. The second-order valence-electron chi connectivity index (χ2n) is 2.81. The molecule has 1 aromatic carbocycles. The molecule has 0 amide bonds. The Hall–Kier alpha value is -1.25. The lowest BCUT2D eigenvalue weighted by Crippen LogP contribution is -2.33. The van der Waals surface area contributed by atoms with E-state index in [-0.39, 0.29) is 0 Å². The zero-order valence-corrected chi connectivity index (χ0v) is 9.74. The summed E-state index contributed by atoms with van der Waals surface area (Å²) in [5.41, 5.74) is 0.399. The van der Waals surface area contributed by atoms with Gasteiger partial charge in [-0.3, -0.25) is 4.72 Å². The van der Waals surface area contributed by atoms with Crippen LogP contribution in [0.15, 0.2) is 24.3 Å². The van der Waals surface area contributed by atoms with E-state index in [0.29, 0.717) is 11.4 Å². The van der Waals surface area contributed by atoms with Gasteiger partial charge in [-0.25, -0.2) is 4.63 Å². The zero-order chi connectivity index (χ0) is 12.0. The van der Waals surface area contributed by atoms with Gasteiger partial charge in [-0.2, -0.15) is 8.42 Å². The van der Waals surface area contributed by atoms with Crippen molar-refractivity contribution >= 4 is 23.5 Å². The van der Waals surface area contributed by atoms with Crippen LogP contribution in [-0.2, 0) is 14.9 Å². The average molecular weight is 243 g/mol. The van der Waals surface area contributed by atoms with Gasteiger partial charge in [0.15, 0.2) is 0 Å². The van der Waals surface area contributed by atoms with E-state index in [9.17, 15) is 8.42 Å². The van der Waals surface area contributed by atoms with Crippen molar-refractivity contribution in [1.82, 2.24) is 4.63 Å². The van der Waals surface area contributed by atoms with Gasteiger partial charge in [0.2, 0.25) is 0 Å². The van der Waals surface area contributed by atoms with Crippen LogP contribution in [0.2, 0.25) is 0 Å². The largest absolute Gasteiger partial charge is 0.497 e. The van der Waals surface area contributed by atoms with Gasteiger partial charge in [0.05, 0.1) is 12.8 Å². The van der Waals surface area contributed by atoms with Crippen LogP contribution >= 0.6 is 0 Å². The molecule has 0 aliphatic rings. The third kappa shape index (κ3) is 4.09. The number of rotatable bonds is 6. The van der Waals surface area contributed by atoms with E-state index < -0.39 is 10.2 Å². The lowest BCUT2D eigenvalue weighted by atomic mass is 10.3. The summed E-state index contributed by atoms with van der Waals surface area (Å²) in [5, 5.41) is 0. The van der Waals surface area contributed by atoms with Crippen molar-refractivity contribution in [1.29, 1.82) is 0 Å². The first kappa shape index (κ1) is 12.8. The molecule has 1 rings (SSSR count). The van der Waals surface area contributed by atoms with Crippen LogP contribution in [0.25, 0.3) is 0 Å². The lowest BCUT2D eigenvalue weighted by Gasteiger charge is -2.08. The molecule has 0 aromatic heterocycles. The van der Waals surface area contributed by atoms with Crippen molar-refractivity contribution in [2.24, 2.45) is 0 Å². The molecule has 0 unspecified atom stereocenters. The molecular weight excluding hydrogens is 231 g/mol. The Morgan fingerprint density at radius 3 is 2.69 bits per heavy atom. The number of ether oxygens (including phenoxy) is 1. The molecule has 1 aromatic rings. The summed E-state index contributed by atoms with van der Waals surface area (Å²) in [4.78, 5) is 0. The molecule has 0 saturated heterocycles. The van der Waals surface area contributed by atoms with E-state index in [4.69, 9.17) is 4.74 Å². The second-order valence-corrected chi connectivity index (χ2v) is 4.26. The Labute approximate surface area is 95.4 Å². The van der Waals surface area contributed by atoms with Crippen molar-refractivity contribution in [3.05, 3.63) is 24.3 Å². The molecule has 0 bridgehead atoms. The van der Waals surface area contributed by atoms with Crippen molar-refractivity contribution in [2.45, 2.75) is 0 Å². The highest BCUT2D eigenvalue weighted by Gasteiger charge is 2.10. The molecule has 2 N–H and O–H groups in total. The first-order valence-electron chi connectivity index (χ1n) is 4.36. The van der Waals surface area contributed by atoms with E-state index in [2.05, 4.69) is 14.0 Å². The molecule has 87 valence electrons. The van der Waals surface area contributed by atoms with Crippen LogP contribution in [0, 0.1) is 0 Å². The van der Waals surface area contributed by atoms with Crippen LogP contribution < -0.4 is 14.1 Å².